The number of likely N-dealkylation sites (tertiary alicyclic amines) is 1. The lowest BCUT2D eigenvalue weighted by Crippen LogP contribution is -2.44. The fourth-order valence-electron chi connectivity index (χ4n) is 2.89. The molecule has 1 aliphatic rings. The summed E-state index contributed by atoms with van der Waals surface area (Å²) in [6.45, 7) is 3.32. The van der Waals surface area contributed by atoms with E-state index in [2.05, 4.69) is 11.9 Å². The lowest BCUT2D eigenvalue weighted by molar-refractivity contribution is -0.139. The Morgan fingerprint density at radius 1 is 1.45 bits per heavy atom. The number of hydrogen-bond donors (Lipinski definition) is 1. The number of carboxylic acids is 1. The normalized spacial score (nSPS) is 22.6. The fraction of sp³-hybridized carbons (Fsp3) is 0.533. The van der Waals surface area contributed by atoms with Crippen LogP contribution >= 0.6 is 0 Å². The Balaban J connectivity index is 2.03. The monoisotopic (exact) mass is 276 g/mol. The number of pyridine rings is 1. The van der Waals surface area contributed by atoms with Crippen LogP contribution < -0.4 is 0 Å². The number of nitrogens with zero attached hydrogens (tertiary/aromatic N) is 2. The van der Waals surface area contributed by atoms with Gasteiger partial charge in [-0.05, 0) is 30.4 Å². The number of hydrogen-bond acceptors (Lipinski definition) is 3. The Kier molecular flexibility index (Phi) is 4.71. The van der Waals surface area contributed by atoms with Gasteiger partial charge in [0.25, 0.3) is 5.91 Å². The highest BCUT2D eigenvalue weighted by atomic mass is 16.4. The van der Waals surface area contributed by atoms with Crippen molar-refractivity contribution in [3.63, 3.8) is 0 Å². The Labute approximate surface area is 118 Å². The summed E-state index contributed by atoms with van der Waals surface area (Å²) in [6, 6.07) is 3.52. The number of aromatic nitrogens is 1. The molecular weight excluding hydrogens is 256 g/mol. The van der Waals surface area contributed by atoms with Crippen molar-refractivity contribution < 1.29 is 14.7 Å². The van der Waals surface area contributed by atoms with Gasteiger partial charge >= 0.3 is 5.97 Å². The summed E-state index contributed by atoms with van der Waals surface area (Å²) in [6.07, 6.45) is 5.08. The van der Waals surface area contributed by atoms with Crippen molar-refractivity contribution in [2.75, 3.05) is 13.1 Å². The van der Waals surface area contributed by atoms with Gasteiger partial charge in [0.2, 0.25) is 0 Å². The van der Waals surface area contributed by atoms with E-state index in [9.17, 15) is 9.59 Å². The van der Waals surface area contributed by atoms with E-state index in [-0.39, 0.29) is 24.2 Å². The molecule has 5 heteroatoms. The van der Waals surface area contributed by atoms with E-state index in [0.717, 1.165) is 12.8 Å². The average molecular weight is 276 g/mol. The largest absolute Gasteiger partial charge is 0.481 e. The van der Waals surface area contributed by atoms with Crippen molar-refractivity contribution in [3.8, 4) is 0 Å². The zero-order chi connectivity index (χ0) is 14.5. The standard InChI is InChI=1S/C15H20N2O3/c1-2-11-10-17(7-5-12(11)8-14(18)19)15(20)13-4-3-6-16-9-13/h3-4,6,9,11-12H,2,5,7-8,10H2,1H3,(H,18,19)/t11-,12+/m1/s1. The minimum absolute atomic E-state index is 0.00896. The van der Waals surface area contributed by atoms with Gasteiger partial charge in [0.05, 0.1) is 5.56 Å². The van der Waals surface area contributed by atoms with Crippen molar-refractivity contribution in [1.82, 2.24) is 9.88 Å². The molecule has 1 aromatic heterocycles. The van der Waals surface area contributed by atoms with Crippen LogP contribution in [0.25, 0.3) is 0 Å². The molecule has 2 atom stereocenters. The third kappa shape index (κ3) is 3.35. The van der Waals surface area contributed by atoms with Crippen LogP contribution in [0, 0.1) is 11.8 Å². The van der Waals surface area contributed by atoms with Crippen LogP contribution in [0.4, 0.5) is 0 Å². The molecule has 1 amide bonds. The highest BCUT2D eigenvalue weighted by Crippen LogP contribution is 2.29. The van der Waals surface area contributed by atoms with Crippen LogP contribution in [-0.4, -0.2) is 40.0 Å². The summed E-state index contributed by atoms with van der Waals surface area (Å²) in [5.41, 5.74) is 0.596. The number of aliphatic carboxylic acids is 1. The summed E-state index contributed by atoms with van der Waals surface area (Å²) in [4.78, 5) is 29.0. The van der Waals surface area contributed by atoms with E-state index in [1.807, 2.05) is 4.90 Å². The minimum Gasteiger partial charge on any atom is -0.481 e. The summed E-state index contributed by atoms with van der Waals surface area (Å²) in [5.74, 6) is -0.318. The molecule has 2 heterocycles. The van der Waals surface area contributed by atoms with Crippen LogP contribution in [-0.2, 0) is 4.79 Å². The van der Waals surface area contributed by atoms with Gasteiger partial charge in [-0.15, -0.1) is 0 Å². The zero-order valence-corrected chi connectivity index (χ0v) is 11.7. The molecule has 0 radical (unpaired) electrons. The molecule has 5 nitrogen and oxygen atoms in total. The van der Waals surface area contributed by atoms with E-state index in [1.165, 1.54) is 0 Å². The second-order valence-corrected chi connectivity index (χ2v) is 5.31. The Hall–Kier alpha value is -1.91. The summed E-state index contributed by atoms with van der Waals surface area (Å²) in [7, 11) is 0. The SMILES string of the molecule is CC[C@@H]1CN(C(=O)c2cccnc2)CC[C@H]1CC(=O)O. The van der Waals surface area contributed by atoms with E-state index in [4.69, 9.17) is 5.11 Å². The summed E-state index contributed by atoms with van der Waals surface area (Å²) in [5, 5.41) is 8.94. The molecule has 0 spiro atoms. The summed E-state index contributed by atoms with van der Waals surface area (Å²) < 4.78 is 0. The van der Waals surface area contributed by atoms with Gasteiger partial charge in [0.1, 0.15) is 0 Å². The number of piperidine rings is 1. The highest BCUT2D eigenvalue weighted by molar-refractivity contribution is 5.93. The van der Waals surface area contributed by atoms with Crippen LogP contribution in [0.15, 0.2) is 24.5 Å². The predicted octanol–water partition coefficient (Wildman–Crippen LogP) is 2.04. The predicted molar refractivity (Wildman–Crippen MR) is 74.3 cm³/mol. The lowest BCUT2D eigenvalue weighted by atomic mass is 9.81. The number of rotatable bonds is 4. The van der Waals surface area contributed by atoms with E-state index in [0.29, 0.717) is 18.7 Å². The smallest absolute Gasteiger partial charge is 0.303 e. The summed E-state index contributed by atoms with van der Waals surface area (Å²) >= 11 is 0. The lowest BCUT2D eigenvalue weighted by Gasteiger charge is -2.37. The van der Waals surface area contributed by atoms with Gasteiger partial charge in [0, 0.05) is 31.9 Å². The molecule has 0 bridgehead atoms. The topological polar surface area (TPSA) is 70.5 Å². The second-order valence-electron chi connectivity index (χ2n) is 5.31. The van der Waals surface area contributed by atoms with Crippen LogP contribution in [0.1, 0.15) is 36.5 Å². The molecule has 0 aromatic carbocycles. The zero-order valence-electron chi connectivity index (χ0n) is 11.7. The molecule has 0 unspecified atom stereocenters. The van der Waals surface area contributed by atoms with Gasteiger partial charge in [0.15, 0.2) is 0 Å². The molecule has 0 aliphatic carbocycles. The molecular formula is C15H20N2O3. The molecule has 1 fully saturated rings. The second kappa shape index (κ2) is 6.50. The van der Waals surface area contributed by atoms with Gasteiger partial charge < -0.3 is 10.0 Å². The van der Waals surface area contributed by atoms with Gasteiger partial charge in [-0.2, -0.15) is 0 Å². The van der Waals surface area contributed by atoms with Gasteiger partial charge in [-0.1, -0.05) is 13.3 Å². The minimum atomic E-state index is -0.750. The molecule has 1 saturated heterocycles. The van der Waals surface area contributed by atoms with E-state index in [1.54, 1.807) is 24.5 Å². The third-order valence-electron chi connectivity index (χ3n) is 4.05. The highest BCUT2D eigenvalue weighted by Gasteiger charge is 2.31. The first-order valence-electron chi connectivity index (χ1n) is 7.03. The molecule has 1 N–H and O–H groups in total. The Bertz CT molecular complexity index is 475. The quantitative estimate of drug-likeness (QED) is 0.913. The van der Waals surface area contributed by atoms with Crippen LogP contribution in [0.2, 0.25) is 0 Å². The van der Waals surface area contributed by atoms with E-state index >= 15 is 0 Å². The first kappa shape index (κ1) is 14.5. The first-order valence-corrected chi connectivity index (χ1v) is 7.03. The van der Waals surface area contributed by atoms with Crippen molar-refractivity contribution in [1.29, 1.82) is 0 Å². The molecule has 1 aliphatic heterocycles. The van der Waals surface area contributed by atoms with Crippen LogP contribution in [0.5, 0.6) is 0 Å². The third-order valence-corrected chi connectivity index (χ3v) is 4.05. The molecule has 1 aromatic rings. The Morgan fingerprint density at radius 2 is 2.25 bits per heavy atom. The van der Waals surface area contributed by atoms with Crippen molar-refractivity contribution in [3.05, 3.63) is 30.1 Å². The van der Waals surface area contributed by atoms with Crippen LogP contribution in [0.3, 0.4) is 0 Å². The van der Waals surface area contributed by atoms with Crippen molar-refractivity contribution in [2.24, 2.45) is 11.8 Å². The number of carbonyl (C=O) groups excluding carboxylic acids is 1. The molecule has 20 heavy (non-hydrogen) atoms. The van der Waals surface area contributed by atoms with Gasteiger partial charge in [-0.3, -0.25) is 14.6 Å². The molecule has 2 rings (SSSR count). The first-order chi connectivity index (χ1) is 9.61. The maximum absolute atomic E-state index is 12.4. The van der Waals surface area contributed by atoms with E-state index < -0.39 is 5.97 Å². The number of amides is 1. The maximum Gasteiger partial charge on any atom is 0.303 e. The molecule has 108 valence electrons. The van der Waals surface area contributed by atoms with Crippen molar-refractivity contribution in [2.45, 2.75) is 26.2 Å². The number of carboxylic acid groups (broad SMARTS) is 1. The Morgan fingerprint density at radius 3 is 2.85 bits per heavy atom. The fourth-order valence-corrected chi connectivity index (χ4v) is 2.89. The van der Waals surface area contributed by atoms with Gasteiger partial charge in [-0.25, -0.2) is 0 Å². The number of carbonyl (C=O) groups is 2. The average Bonchev–Trinajstić information content (AvgIpc) is 2.47. The van der Waals surface area contributed by atoms with Crippen molar-refractivity contribution >= 4 is 11.9 Å². The maximum atomic E-state index is 12.4. The molecule has 0 saturated carbocycles.